The fourth-order valence-corrected chi connectivity index (χ4v) is 6.31. The van der Waals surface area contributed by atoms with Gasteiger partial charge in [-0.25, -0.2) is 0 Å². The zero-order chi connectivity index (χ0) is 35.0. The normalized spacial score (nSPS) is 12.5. The second-order valence-electron chi connectivity index (χ2n) is 14.2. The smallest absolute Gasteiger partial charge is 0.306 e. The van der Waals surface area contributed by atoms with E-state index in [1.54, 1.807) is 0 Å². The maximum atomic E-state index is 12.5. The van der Waals surface area contributed by atoms with Gasteiger partial charge < -0.3 is 9.84 Å². The molecule has 48 heavy (non-hydrogen) atoms. The predicted molar refractivity (Wildman–Crippen MR) is 209 cm³/mol. The van der Waals surface area contributed by atoms with Crippen LogP contribution in [0.2, 0.25) is 0 Å². The molecule has 0 aliphatic rings. The van der Waals surface area contributed by atoms with Gasteiger partial charge >= 0.3 is 11.9 Å². The Hall–Kier alpha value is -1.84. The monoisotopic (exact) mass is 673 g/mol. The van der Waals surface area contributed by atoms with E-state index in [0.29, 0.717) is 12.8 Å². The number of hydrogen-bond donors (Lipinski definition) is 1. The van der Waals surface area contributed by atoms with Crippen molar-refractivity contribution in [2.75, 3.05) is 0 Å². The lowest BCUT2D eigenvalue weighted by Gasteiger charge is -2.17. The first kappa shape index (κ1) is 46.2. The van der Waals surface area contributed by atoms with E-state index in [4.69, 9.17) is 9.84 Å². The Morgan fingerprint density at radius 2 is 0.896 bits per heavy atom. The molecule has 0 radical (unpaired) electrons. The molecule has 1 atom stereocenters. The molecule has 0 aromatic heterocycles. The first-order chi connectivity index (χ1) is 23.6. The van der Waals surface area contributed by atoms with Crippen LogP contribution >= 0.6 is 0 Å². The van der Waals surface area contributed by atoms with E-state index in [9.17, 15) is 9.59 Å². The minimum absolute atomic E-state index is 0.0720. The van der Waals surface area contributed by atoms with Gasteiger partial charge in [0.15, 0.2) is 0 Å². The molecule has 0 aliphatic carbocycles. The number of carboxylic acid groups (broad SMARTS) is 1. The third-order valence-corrected chi connectivity index (χ3v) is 9.39. The summed E-state index contributed by atoms with van der Waals surface area (Å²) < 4.78 is 5.75. The zero-order valence-electron chi connectivity index (χ0n) is 32.0. The fraction of sp³-hybridized carbons (Fsp3) is 0.818. The Labute approximate surface area is 299 Å². The van der Waals surface area contributed by atoms with Gasteiger partial charge in [0.1, 0.15) is 6.10 Å². The predicted octanol–water partition coefficient (Wildman–Crippen LogP) is 14.6. The standard InChI is InChI=1S/C44H80O4/c1-3-5-7-9-11-13-15-17-19-21-22-23-25-27-29-31-33-35-37-39-44(47)48-42(40-41-43(45)46)38-36-34-32-30-28-26-24-20-18-16-14-12-10-8-6-4-2/h5,7,11,13,17,19,42H,3-4,6,8-10,12,14-16,18,20-41H2,1-2H3,(H,45,46)/b7-5-,13-11-,19-17-. The van der Waals surface area contributed by atoms with Crippen molar-refractivity contribution in [3.63, 3.8) is 0 Å². The molecule has 4 nitrogen and oxygen atoms in total. The van der Waals surface area contributed by atoms with Crippen molar-refractivity contribution in [1.29, 1.82) is 0 Å². The van der Waals surface area contributed by atoms with Gasteiger partial charge in [0, 0.05) is 12.8 Å². The number of rotatable bonds is 38. The Balaban J connectivity index is 3.70. The lowest BCUT2D eigenvalue weighted by molar-refractivity contribution is -0.151. The molecular formula is C44H80O4. The van der Waals surface area contributed by atoms with Crippen molar-refractivity contribution in [3.05, 3.63) is 36.5 Å². The second-order valence-corrected chi connectivity index (χ2v) is 14.2. The van der Waals surface area contributed by atoms with Gasteiger partial charge in [-0.1, -0.05) is 192 Å². The van der Waals surface area contributed by atoms with Gasteiger partial charge in [-0.2, -0.15) is 0 Å². The average Bonchev–Trinajstić information content (AvgIpc) is 3.07. The molecule has 0 spiro atoms. The van der Waals surface area contributed by atoms with Crippen LogP contribution in [-0.2, 0) is 14.3 Å². The van der Waals surface area contributed by atoms with E-state index in [1.165, 1.54) is 141 Å². The Morgan fingerprint density at radius 1 is 0.479 bits per heavy atom. The number of allylic oxidation sites excluding steroid dienone is 6. The maximum Gasteiger partial charge on any atom is 0.306 e. The molecule has 0 bridgehead atoms. The van der Waals surface area contributed by atoms with Gasteiger partial charge in [-0.05, 0) is 57.8 Å². The Morgan fingerprint density at radius 3 is 1.38 bits per heavy atom. The van der Waals surface area contributed by atoms with Crippen molar-refractivity contribution >= 4 is 11.9 Å². The highest BCUT2D eigenvalue weighted by Crippen LogP contribution is 2.18. The largest absolute Gasteiger partial charge is 0.481 e. The van der Waals surface area contributed by atoms with E-state index >= 15 is 0 Å². The summed E-state index contributed by atoms with van der Waals surface area (Å²) in [6.45, 7) is 4.44. The molecule has 0 amide bonds. The molecule has 1 unspecified atom stereocenters. The minimum atomic E-state index is -0.811. The summed E-state index contributed by atoms with van der Waals surface area (Å²) in [5.41, 5.74) is 0. The summed E-state index contributed by atoms with van der Waals surface area (Å²) in [5.74, 6) is -0.953. The van der Waals surface area contributed by atoms with E-state index in [1.807, 2.05) is 0 Å². The number of hydrogen-bond acceptors (Lipinski definition) is 3. The van der Waals surface area contributed by atoms with Crippen LogP contribution in [0, 0.1) is 0 Å². The van der Waals surface area contributed by atoms with Gasteiger partial charge in [0.2, 0.25) is 0 Å². The summed E-state index contributed by atoms with van der Waals surface area (Å²) in [5, 5.41) is 9.14. The molecule has 0 aromatic carbocycles. The maximum absolute atomic E-state index is 12.5. The van der Waals surface area contributed by atoms with Crippen LogP contribution in [0.15, 0.2) is 36.5 Å². The number of carbonyl (C=O) groups is 2. The average molecular weight is 673 g/mol. The van der Waals surface area contributed by atoms with Gasteiger partial charge in [0.25, 0.3) is 0 Å². The topological polar surface area (TPSA) is 63.6 Å². The van der Waals surface area contributed by atoms with Crippen LogP contribution in [0.25, 0.3) is 0 Å². The highest BCUT2D eigenvalue weighted by Gasteiger charge is 2.16. The summed E-state index contributed by atoms with van der Waals surface area (Å²) >= 11 is 0. The third kappa shape index (κ3) is 38.6. The minimum Gasteiger partial charge on any atom is -0.481 e. The molecule has 0 rings (SSSR count). The van der Waals surface area contributed by atoms with E-state index in [0.717, 1.165) is 51.4 Å². The van der Waals surface area contributed by atoms with Crippen LogP contribution in [0.5, 0.6) is 0 Å². The van der Waals surface area contributed by atoms with Gasteiger partial charge in [-0.3, -0.25) is 9.59 Å². The van der Waals surface area contributed by atoms with Gasteiger partial charge in [0.05, 0.1) is 0 Å². The van der Waals surface area contributed by atoms with E-state index < -0.39 is 5.97 Å². The molecule has 0 aliphatic heterocycles. The van der Waals surface area contributed by atoms with Crippen molar-refractivity contribution in [2.45, 2.75) is 232 Å². The molecule has 0 aromatic rings. The highest BCUT2D eigenvalue weighted by atomic mass is 16.5. The number of ether oxygens (including phenoxy) is 1. The number of esters is 1. The zero-order valence-corrected chi connectivity index (χ0v) is 32.0. The number of aliphatic carboxylic acids is 1. The van der Waals surface area contributed by atoms with Crippen LogP contribution < -0.4 is 0 Å². The van der Waals surface area contributed by atoms with E-state index in [2.05, 4.69) is 50.3 Å². The van der Waals surface area contributed by atoms with E-state index in [-0.39, 0.29) is 18.5 Å². The molecule has 4 heteroatoms. The molecule has 0 saturated carbocycles. The van der Waals surface area contributed by atoms with Crippen molar-refractivity contribution in [1.82, 2.24) is 0 Å². The molecule has 1 N–H and O–H groups in total. The van der Waals surface area contributed by atoms with Crippen molar-refractivity contribution < 1.29 is 19.4 Å². The first-order valence-corrected chi connectivity index (χ1v) is 21.0. The summed E-state index contributed by atoms with van der Waals surface area (Å²) in [6.07, 6.45) is 51.7. The lowest BCUT2D eigenvalue weighted by Crippen LogP contribution is -2.19. The van der Waals surface area contributed by atoms with Crippen LogP contribution in [-0.4, -0.2) is 23.1 Å². The Bertz CT molecular complexity index is 768. The molecule has 0 heterocycles. The SMILES string of the molecule is CC/C=C\C/C=C\C/C=C\CCCCCCCCCCCC(=O)OC(CCCCCCCCCCCCCCCCCC)CCC(=O)O. The molecule has 0 fully saturated rings. The summed E-state index contributed by atoms with van der Waals surface area (Å²) in [6, 6.07) is 0. The number of carboxylic acids is 1. The fourth-order valence-electron chi connectivity index (χ4n) is 6.31. The Kier molecular flexibility index (Phi) is 38.1. The second kappa shape index (κ2) is 39.6. The summed E-state index contributed by atoms with van der Waals surface area (Å²) in [7, 11) is 0. The van der Waals surface area contributed by atoms with Crippen LogP contribution in [0.3, 0.4) is 0 Å². The third-order valence-electron chi connectivity index (χ3n) is 9.39. The first-order valence-electron chi connectivity index (χ1n) is 21.0. The van der Waals surface area contributed by atoms with Crippen molar-refractivity contribution in [2.24, 2.45) is 0 Å². The van der Waals surface area contributed by atoms with Crippen molar-refractivity contribution in [3.8, 4) is 0 Å². The van der Waals surface area contributed by atoms with Gasteiger partial charge in [-0.15, -0.1) is 0 Å². The molecule has 0 saturated heterocycles. The number of carbonyl (C=O) groups excluding carboxylic acids is 1. The van der Waals surface area contributed by atoms with Crippen LogP contribution in [0.4, 0.5) is 0 Å². The molecule has 280 valence electrons. The lowest BCUT2D eigenvalue weighted by atomic mass is 10.0. The van der Waals surface area contributed by atoms with Crippen LogP contribution in [0.1, 0.15) is 226 Å². The molecular weight excluding hydrogens is 592 g/mol. The quantitative estimate of drug-likeness (QED) is 0.0403. The highest BCUT2D eigenvalue weighted by molar-refractivity contribution is 5.69. The summed E-state index contributed by atoms with van der Waals surface area (Å²) in [4.78, 5) is 23.6. The number of unbranched alkanes of at least 4 members (excludes halogenated alkanes) is 24.